The van der Waals surface area contributed by atoms with Crippen LogP contribution in [0.2, 0.25) is 0 Å². The maximum atomic E-state index is 11.2. The average Bonchev–Trinajstić information content (AvgIpc) is 1.82. The van der Waals surface area contributed by atoms with Crippen LogP contribution in [0.25, 0.3) is 0 Å². The molecule has 2 heteroatoms. The number of hydrogen-bond acceptors (Lipinski definition) is 2. The van der Waals surface area contributed by atoms with Crippen molar-refractivity contribution in [2.75, 3.05) is 0 Å². The standard InChI is InChI=1S/C10H20O2/c1-6-8(2)12-9(11)7-10(3,4)5/h8H,6-7H2,1-5H3/t8-/m0/s1. The molecular formula is C10H20O2. The first-order valence-electron chi connectivity index (χ1n) is 4.54. The zero-order valence-electron chi connectivity index (χ0n) is 8.81. The van der Waals surface area contributed by atoms with Crippen LogP contribution in [0.4, 0.5) is 0 Å². The van der Waals surface area contributed by atoms with Gasteiger partial charge in [0.2, 0.25) is 0 Å². The fraction of sp³-hybridized carbons (Fsp3) is 0.900. The Hall–Kier alpha value is -0.530. The Balaban J connectivity index is 3.75. The summed E-state index contributed by atoms with van der Waals surface area (Å²) in [5.41, 5.74) is 0.0323. The molecule has 0 fully saturated rings. The van der Waals surface area contributed by atoms with Crippen LogP contribution in [0, 0.1) is 5.41 Å². The SMILES string of the molecule is CC[C@H](C)OC(=O)CC(C)(C)C. The maximum Gasteiger partial charge on any atom is 0.306 e. The second-order valence-corrected chi connectivity index (χ2v) is 4.45. The van der Waals surface area contributed by atoms with Gasteiger partial charge in [-0.25, -0.2) is 0 Å². The minimum atomic E-state index is -0.0862. The summed E-state index contributed by atoms with van der Waals surface area (Å²) in [4.78, 5) is 11.2. The molecule has 0 rings (SSSR count). The minimum Gasteiger partial charge on any atom is -0.463 e. The minimum absolute atomic E-state index is 0.0323. The van der Waals surface area contributed by atoms with E-state index in [1.165, 1.54) is 0 Å². The third kappa shape index (κ3) is 6.20. The Morgan fingerprint density at radius 2 is 1.92 bits per heavy atom. The van der Waals surface area contributed by atoms with E-state index in [9.17, 15) is 4.79 Å². The van der Waals surface area contributed by atoms with Gasteiger partial charge in [-0.1, -0.05) is 27.7 Å². The fourth-order valence-corrected chi connectivity index (χ4v) is 0.782. The highest BCUT2D eigenvalue weighted by molar-refractivity contribution is 5.70. The largest absolute Gasteiger partial charge is 0.463 e. The number of ether oxygens (including phenoxy) is 1. The van der Waals surface area contributed by atoms with Crippen molar-refractivity contribution in [2.45, 2.75) is 53.6 Å². The molecule has 0 bridgehead atoms. The predicted octanol–water partition coefficient (Wildman–Crippen LogP) is 2.76. The van der Waals surface area contributed by atoms with E-state index in [4.69, 9.17) is 4.74 Å². The molecule has 12 heavy (non-hydrogen) atoms. The van der Waals surface area contributed by atoms with E-state index in [-0.39, 0.29) is 17.5 Å². The van der Waals surface area contributed by atoms with Crippen molar-refractivity contribution in [3.05, 3.63) is 0 Å². The topological polar surface area (TPSA) is 26.3 Å². The molecule has 1 atom stereocenters. The number of esters is 1. The number of carbonyl (C=O) groups is 1. The van der Waals surface area contributed by atoms with Crippen LogP contribution in [0.1, 0.15) is 47.5 Å². The van der Waals surface area contributed by atoms with Crippen molar-refractivity contribution >= 4 is 5.97 Å². The van der Waals surface area contributed by atoms with Gasteiger partial charge in [0.25, 0.3) is 0 Å². The zero-order valence-corrected chi connectivity index (χ0v) is 8.81. The molecule has 0 saturated heterocycles. The third-order valence-electron chi connectivity index (χ3n) is 1.58. The van der Waals surface area contributed by atoms with Gasteiger partial charge in [0.1, 0.15) is 0 Å². The van der Waals surface area contributed by atoms with E-state index in [2.05, 4.69) is 0 Å². The molecule has 0 aliphatic heterocycles. The first kappa shape index (κ1) is 11.5. The summed E-state index contributed by atoms with van der Waals surface area (Å²) < 4.78 is 5.14. The molecule has 0 amide bonds. The van der Waals surface area contributed by atoms with E-state index >= 15 is 0 Å². The lowest BCUT2D eigenvalue weighted by atomic mass is 9.92. The Labute approximate surface area is 75.3 Å². The molecule has 0 aliphatic rings. The normalized spacial score (nSPS) is 14.1. The Kier molecular flexibility index (Phi) is 4.29. The van der Waals surface area contributed by atoms with Gasteiger partial charge in [-0.05, 0) is 18.8 Å². The van der Waals surface area contributed by atoms with Crippen molar-refractivity contribution in [3.8, 4) is 0 Å². The number of hydrogen-bond donors (Lipinski definition) is 0. The van der Waals surface area contributed by atoms with E-state index in [1.54, 1.807) is 0 Å². The van der Waals surface area contributed by atoms with Crippen LogP contribution in [0.3, 0.4) is 0 Å². The van der Waals surface area contributed by atoms with Gasteiger partial charge in [-0.3, -0.25) is 4.79 Å². The van der Waals surface area contributed by atoms with Crippen LogP contribution < -0.4 is 0 Å². The first-order chi connectivity index (χ1) is 5.35. The summed E-state index contributed by atoms with van der Waals surface area (Å²) in [6, 6.07) is 0. The summed E-state index contributed by atoms with van der Waals surface area (Å²) in [5.74, 6) is -0.0862. The fourth-order valence-electron chi connectivity index (χ4n) is 0.782. The summed E-state index contributed by atoms with van der Waals surface area (Å²) in [6.07, 6.45) is 1.44. The molecular weight excluding hydrogens is 152 g/mol. The second kappa shape index (κ2) is 4.48. The predicted molar refractivity (Wildman–Crippen MR) is 49.9 cm³/mol. The van der Waals surface area contributed by atoms with Crippen molar-refractivity contribution in [2.24, 2.45) is 5.41 Å². The van der Waals surface area contributed by atoms with Gasteiger partial charge >= 0.3 is 5.97 Å². The maximum absolute atomic E-state index is 11.2. The summed E-state index contributed by atoms with van der Waals surface area (Å²) >= 11 is 0. The quantitative estimate of drug-likeness (QED) is 0.612. The molecule has 0 heterocycles. The summed E-state index contributed by atoms with van der Waals surface area (Å²) in [5, 5.41) is 0. The van der Waals surface area contributed by atoms with Gasteiger partial charge in [0.15, 0.2) is 0 Å². The van der Waals surface area contributed by atoms with Crippen molar-refractivity contribution in [3.63, 3.8) is 0 Å². The number of rotatable bonds is 3. The summed E-state index contributed by atoms with van der Waals surface area (Å²) in [6.45, 7) is 10.0. The average molecular weight is 172 g/mol. The highest BCUT2D eigenvalue weighted by atomic mass is 16.5. The van der Waals surface area contributed by atoms with Crippen LogP contribution in [-0.4, -0.2) is 12.1 Å². The second-order valence-electron chi connectivity index (χ2n) is 4.45. The molecule has 0 N–H and O–H groups in total. The molecule has 0 spiro atoms. The van der Waals surface area contributed by atoms with E-state index < -0.39 is 0 Å². The molecule has 2 nitrogen and oxygen atoms in total. The lowest BCUT2D eigenvalue weighted by Gasteiger charge is -2.18. The van der Waals surface area contributed by atoms with Crippen molar-refractivity contribution in [1.82, 2.24) is 0 Å². The number of carbonyl (C=O) groups excluding carboxylic acids is 1. The molecule has 0 aliphatic carbocycles. The van der Waals surface area contributed by atoms with E-state index in [1.807, 2.05) is 34.6 Å². The zero-order chi connectivity index (χ0) is 9.78. The summed E-state index contributed by atoms with van der Waals surface area (Å²) in [7, 11) is 0. The van der Waals surface area contributed by atoms with Crippen LogP contribution >= 0.6 is 0 Å². The lowest BCUT2D eigenvalue weighted by Crippen LogP contribution is -2.19. The highest BCUT2D eigenvalue weighted by Gasteiger charge is 2.18. The van der Waals surface area contributed by atoms with Gasteiger partial charge in [0, 0.05) is 0 Å². The molecule has 0 unspecified atom stereocenters. The van der Waals surface area contributed by atoms with Gasteiger partial charge in [-0.15, -0.1) is 0 Å². The molecule has 0 radical (unpaired) electrons. The van der Waals surface area contributed by atoms with Crippen LogP contribution in [0.15, 0.2) is 0 Å². The Morgan fingerprint density at radius 3 is 2.25 bits per heavy atom. The van der Waals surface area contributed by atoms with Gasteiger partial charge < -0.3 is 4.74 Å². The highest BCUT2D eigenvalue weighted by Crippen LogP contribution is 2.19. The molecule has 0 aromatic rings. The Bertz CT molecular complexity index is 144. The van der Waals surface area contributed by atoms with E-state index in [0.29, 0.717) is 6.42 Å². The molecule has 0 aromatic carbocycles. The third-order valence-corrected chi connectivity index (χ3v) is 1.58. The van der Waals surface area contributed by atoms with E-state index in [0.717, 1.165) is 6.42 Å². The molecule has 0 aromatic heterocycles. The smallest absolute Gasteiger partial charge is 0.306 e. The van der Waals surface area contributed by atoms with Crippen LogP contribution in [-0.2, 0) is 9.53 Å². The Morgan fingerprint density at radius 1 is 1.42 bits per heavy atom. The monoisotopic (exact) mass is 172 g/mol. The lowest BCUT2D eigenvalue weighted by molar-refractivity contribution is -0.150. The molecule has 72 valence electrons. The van der Waals surface area contributed by atoms with Gasteiger partial charge in [-0.2, -0.15) is 0 Å². The van der Waals surface area contributed by atoms with Gasteiger partial charge in [0.05, 0.1) is 12.5 Å². The first-order valence-corrected chi connectivity index (χ1v) is 4.54. The van der Waals surface area contributed by atoms with Crippen LogP contribution in [0.5, 0.6) is 0 Å². The van der Waals surface area contributed by atoms with Crippen molar-refractivity contribution < 1.29 is 9.53 Å². The molecule has 0 saturated carbocycles. The van der Waals surface area contributed by atoms with Crippen molar-refractivity contribution in [1.29, 1.82) is 0 Å².